The number of rotatable bonds is 7. The molecule has 30 heavy (non-hydrogen) atoms. The molecule has 0 aliphatic heterocycles. The van der Waals surface area contributed by atoms with Gasteiger partial charge in [0.25, 0.3) is 5.56 Å². The van der Waals surface area contributed by atoms with Gasteiger partial charge in [0.15, 0.2) is 0 Å². The van der Waals surface area contributed by atoms with E-state index in [4.69, 9.17) is 11.6 Å². The number of hydrogen-bond donors (Lipinski definition) is 2. The fraction of sp³-hybridized carbons (Fsp3) is 0.182. The minimum atomic E-state index is -1.21. The molecule has 0 aliphatic carbocycles. The molecule has 0 fully saturated rings. The number of carbonyl (C=O) groups excluding carboxylic acids is 2. The highest BCUT2D eigenvalue weighted by Gasteiger charge is 2.17. The number of fused-ring (bicyclic) bond motifs is 1. The number of H-pyrrole nitrogens is 1. The Kier molecular flexibility index (Phi) is 6.64. The minimum Gasteiger partial charge on any atom is -0.550 e. The number of hydrogen-bond acceptors (Lipinski definition) is 5. The zero-order valence-corrected chi connectivity index (χ0v) is 17.0. The molecule has 0 aliphatic rings. The van der Waals surface area contributed by atoms with Crippen LogP contribution in [0.4, 0.5) is 0 Å². The Morgan fingerprint density at radius 1 is 1.13 bits per heavy atom. The van der Waals surface area contributed by atoms with Crippen molar-refractivity contribution in [1.29, 1.82) is 0 Å². The molecule has 3 rings (SSSR count). The van der Waals surface area contributed by atoms with Gasteiger partial charge in [0, 0.05) is 33.9 Å². The van der Waals surface area contributed by atoms with Crippen molar-refractivity contribution >= 4 is 40.1 Å². The quantitative estimate of drug-likeness (QED) is 0.448. The van der Waals surface area contributed by atoms with Gasteiger partial charge >= 0.3 is 0 Å². The highest BCUT2D eigenvalue weighted by molar-refractivity contribution is 6.31. The summed E-state index contributed by atoms with van der Waals surface area (Å²) >= 11 is 6.20. The van der Waals surface area contributed by atoms with E-state index in [1.54, 1.807) is 25.1 Å². The van der Waals surface area contributed by atoms with Gasteiger partial charge in [-0.1, -0.05) is 41.9 Å². The van der Waals surface area contributed by atoms with Crippen LogP contribution in [-0.4, -0.2) is 22.6 Å². The summed E-state index contributed by atoms with van der Waals surface area (Å²) in [5.74, 6) is -1.66. The van der Waals surface area contributed by atoms with Crippen LogP contribution in [0.5, 0.6) is 0 Å². The molecule has 154 valence electrons. The standard InChI is InChI=1S/C22H20ClN3O4/c1-13(25-26-18(27)8-5-9-19(28)29)20-21(14-6-3-2-4-7-14)16-12-15(23)10-11-17(16)24-22(20)30/h2-4,6-7,10-12H,5,8-9H2,1H3,(H,24,30)(H,26,27)(H,28,29)/p-1/b25-13+. The van der Waals surface area contributed by atoms with Gasteiger partial charge in [0.2, 0.25) is 5.91 Å². The smallest absolute Gasteiger partial charge is 0.258 e. The Morgan fingerprint density at radius 3 is 2.57 bits per heavy atom. The van der Waals surface area contributed by atoms with Crippen LogP contribution in [-0.2, 0) is 9.59 Å². The fourth-order valence-corrected chi connectivity index (χ4v) is 3.34. The molecule has 0 saturated carbocycles. The monoisotopic (exact) mass is 424 g/mol. The summed E-state index contributed by atoms with van der Waals surface area (Å²) in [6.45, 7) is 1.62. The predicted octanol–water partition coefficient (Wildman–Crippen LogP) is 2.61. The zero-order valence-electron chi connectivity index (χ0n) is 16.2. The Morgan fingerprint density at radius 2 is 1.87 bits per heavy atom. The number of nitrogens with one attached hydrogen (secondary N) is 2. The van der Waals surface area contributed by atoms with Crippen molar-refractivity contribution in [3.05, 3.63) is 69.5 Å². The lowest BCUT2D eigenvalue weighted by Gasteiger charge is -2.13. The van der Waals surface area contributed by atoms with E-state index >= 15 is 0 Å². The van der Waals surface area contributed by atoms with Crippen LogP contribution in [0.15, 0.2) is 58.4 Å². The van der Waals surface area contributed by atoms with E-state index in [1.807, 2.05) is 30.3 Å². The van der Waals surface area contributed by atoms with Crippen molar-refractivity contribution in [2.45, 2.75) is 26.2 Å². The molecular weight excluding hydrogens is 406 g/mol. The predicted molar refractivity (Wildman–Crippen MR) is 114 cm³/mol. The molecule has 0 bridgehead atoms. The number of pyridine rings is 1. The Bertz CT molecular complexity index is 1190. The molecule has 0 unspecified atom stereocenters. The molecule has 1 heterocycles. The van der Waals surface area contributed by atoms with Crippen LogP contribution < -0.4 is 16.1 Å². The number of aromatic amines is 1. The number of benzene rings is 2. The van der Waals surface area contributed by atoms with E-state index in [0.29, 0.717) is 27.4 Å². The first-order chi connectivity index (χ1) is 14.4. The SMILES string of the molecule is C/C(=N\NC(=O)CCCC(=O)[O-])c1c(-c2ccccc2)c2cc(Cl)ccc2[nH]c1=O. The lowest BCUT2D eigenvalue weighted by atomic mass is 9.94. The number of nitrogens with zero attached hydrogens (tertiary/aromatic N) is 1. The van der Waals surface area contributed by atoms with Crippen molar-refractivity contribution < 1.29 is 14.7 Å². The Hall–Kier alpha value is -3.45. The molecule has 2 aromatic carbocycles. The molecule has 1 aromatic heterocycles. The van der Waals surface area contributed by atoms with Gasteiger partial charge in [0.1, 0.15) is 0 Å². The number of aliphatic carboxylic acids is 1. The second-order valence-electron chi connectivity index (χ2n) is 6.72. The van der Waals surface area contributed by atoms with E-state index in [0.717, 1.165) is 10.9 Å². The number of aromatic nitrogens is 1. The highest BCUT2D eigenvalue weighted by atomic mass is 35.5. The molecule has 8 heteroatoms. The lowest BCUT2D eigenvalue weighted by molar-refractivity contribution is -0.305. The van der Waals surface area contributed by atoms with Crippen LogP contribution >= 0.6 is 11.6 Å². The van der Waals surface area contributed by atoms with Crippen LogP contribution in [0.3, 0.4) is 0 Å². The maximum absolute atomic E-state index is 12.9. The number of carbonyl (C=O) groups is 2. The zero-order chi connectivity index (χ0) is 21.7. The number of carboxylic acid groups (broad SMARTS) is 1. The van der Waals surface area contributed by atoms with Gasteiger partial charge in [0.05, 0.1) is 11.3 Å². The lowest BCUT2D eigenvalue weighted by Crippen LogP contribution is -2.25. The molecule has 0 atom stereocenters. The minimum absolute atomic E-state index is 0.0139. The summed E-state index contributed by atoms with van der Waals surface area (Å²) in [6, 6.07) is 14.6. The summed E-state index contributed by atoms with van der Waals surface area (Å²) in [6.07, 6.45) is -0.0770. The third-order valence-electron chi connectivity index (χ3n) is 4.53. The average Bonchev–Trinajstić information content (AvgIpc) is 2.71. The van der Waals surface area contributed by atoms with Crippen LogP contribution in [0, 0.1) is 0 Å². The maximum atomic E-state index is 12.9. The maximum Gasteiger partial charge on any atom is 0.258 e. The largest absolute Gasteiger partial charge is 0.550 e. The van der Waals surface area contributed by atoms with Crippen molar-refractivity contribution in [2.75, 3.05) is 0 Å². The number of hydrazone groups is 1. The van der Waals surface area contributed by atoms with Gasteiger partial charge in [-0.25, -0.2) is 5.43 Å². The molecule has 7 nitrogen and oxygen atoms in total. The highest BCUT2D eigenvalue weighted by Crippen LogP contribution is 2.31. The molecule has 2 N–H and O–H groups in total. The van der Waals surface area contributed by atoms with Crippen molar-refractivity contribution in [2.24, 2.45) is 5.10 Å². The van der Waals surface area contributed by atoms with E-state index < -0.39 is 11.9 Å². The third-order valence-corrected chi connectivity index (χ3v) is 4.77. The Balaban J connectivity index is 2.04. The van der Waals surface area contributed by atoms with E-state index in [9.17, 15) is 19.5 Å². The average molecular weight is 425 g/mol. The van der Waals surface area contributed by atoms with Gasteiger partial charge in [-0.2, -0.15) is 5.10 Å². The number of halogens is 1. The van der Waals surface area contributed by atoms with Gasteiger partial charge in [-0.3, -0.25) is 9.59 Å². The van der Waals surface area contributed by atoms with Gasteiger partial charge < -0.3 is 14.9 Å². The number of amides is 1. The summed E-state index contributed by atoms with van der Waals surface area (Å²) in [7, 11) is 0. The summed E-state index contributed by atoms with van der Waals surface area (Å²) < 4.78 is 0. The summed E-state index contributed by atoms with van der Waals surface area (Å²) in [5.41, 5.74) is 4.74. The van der Waals surface area contributed by atoms with Gasteiger partial charge in [-0.05, 0) is 43.5 Å². The first-order valence-electron chi connectivity index (χ1n) is 9.31. The molecule has 1 amide bonds. The fourth-order valence-electron chi connectivity index (χ4n) is 3.17. The van der Waals surface area contributed by atoms with Crippen molar-refractivity contribution in [3.63, 3.8) is 0 Å². The van der Waals surface area contributed by atoms with E-state index in [2.05, 4.69) is 15.5 Å². The normalized spacial score (nSPS) is 11.5. The first-order valence-corrected chi connectivity index (χ1v) is 9.69. The van der Waals surface area contributed by atoms with E-state index in [1.165, 1.54) is 0 Å². The molecule has 0 saturated heterocycles. The first kappa shape index (κ1) is 21.3. The van der Waals surface area contributed by atoms with Crippen LogP contribution in [0.1, 0.15) is 31.7 Å². The molecule has 3 aromatic rings. The summed E-state index contributed by atoms with van der Waals surface area (Å²) in [5, 5.41) is 15.8. The molecular formula is C22H19ClN3O4-. The third kappa shape index (κ3) is 4.93. The summed E-state index contributed by atoms with van der Waals surface area (Å²) in [4.78, 5) is 38.1. The van der Waals surface area contributed by atoms with Crippen molar-refractivity contribution in [3.8, 4) is 11.1 Å². The second-order valence-corrected chi connectivity index (χ2v) is 7.15. The van der Waals surface area contributed by atoms with Crippen molar-refractivity contribution in [1.82, 2.24) is 10.4 Å². The number of carboxylic acids is 1. The molecule has 0 spiro atoms. The molecule has 0 radical (unpaired) electrons. The van der Waals surface area contributed by atoms with Crippen LogP contribution in [0.2, 0.25) is 5.02 Å². The second kappa shape index (κ2) is 9.37. The van der Waals surface area contributed by atoms with Gasteiger partial charge in [-0.15, -0.1) is 0 Å². The Labute approximate surface area is 177 Å². The van der Waals surface area contributed by atoms with Crippen LogP contribution in [0.25, 0.3) is 22.0 Å². The van der Waals surface area contributed by atoms with E-state index in [-0.39, 0.29) is 24.8 Å². The topological polar surface area (TPSA) is 114 Å².